The van der Waals surface area contributed by atoms with Gasteiger partial charge < -0.3 is 0 Å². The Morgan fingerprint density at radius 1 is 1.06 bits per heavy atom. The van der Waals surface area contributed by atoms with E-state index in [1.54, 1.807) is 12.3 Å². The smallest absolute Gasteiger partial charge is 0.129 e. The van der Waals surface area contributed by atoms with Gasteiger partial charge in [-0.1, -0.05) is 35.3 Å². The Hall–Kier alpha value is -1.13. The molecule has 17 heavy (non-hydrogen) atoms. The van der Waals surface area contributed by atoms with Crippen molar-refractivity contribution in [2.45, 2.75) is 6.04 Å². The van der Waals surface area contributed by atoms with Crippen LogP contribution in [0.2, 0.25) is 10.2 Å². The van der Waals surface area contributed by atoms with Gasteiger partial charge in [0.25, 0.3) is 0 Å². The fraction of sp³-hybridized carbons (Fsp3) is 0.0833. The van der Waals surface area contributed by atoms with Gasteiger partial charge in [0.05, 0.1) is 6.04 Å². The summed E-state index contributed by atoms with van der Waals surface area (Å²) in [6, 6.07) is 11.0. The van der Waals surface area contributed by atoms with Gasteiger partial charge in [-0.05, 0) is 35.4 Å². The molecule has 2 rings (SSSR count). The number of aromatic nitrogens is 1. The summed E-state index contributed by atoms with van der Waals surface area (Å²) in [7, 11) is 0. The average Bonchev–Trinajstić information content (AvgIpc) is 2.33. The minimum atomic E-state index is -0.132. The van der Waals surface area contributed by atoms with E-state index in [4.69, 9.17) is 29.0 Å². The van der Waals surface area contributed by atoms with Crippen LogP contribution < -0.4 is 11.3 Å². The predicted molar refractivity (Wildman–Crippen MR) is 69.9 cm³/mol. The Bertz CT molecular complexity index is 499. The van der Waals surface area contributed by atoms with E-state index < -0.39 is 0 Å². The first-order valence-electron chi connectivity index (χ1n) is 5.04. The van der Waals surface area contributed by atoms with Crippen LogP contribution in [-0.2, 0) is 0 Å². The van der Waals surface area contributed by atoms with Crippen LogP contribution in [0.15, 0.2) is 42.6 Å². The van der Waals surface area contributed by atoms with Crippen LogP contribution in [0.4, 0.5) is 0 Å². The third-order valence-corrected chi connectivity index (χ3v) is 2.91. The van der Waals surface area contributed by atoms with Gasteiger partial charge in [-0.3, -0.25) is 5.84 Å². The molecule has 2 aromatic rings. The first-order chi connectivity index (χ1) is 8.20. The van der Waals surface area contributed by atoms with E-state index in [-0.39, 0.29) is 6.04 Å². The molecule has 0 aliphatic heterocycles. The number of nitrogens with two attached hydrogens (primary N) is 1. The molecule has 3 nitrogen and oxygen atoms in total. The molecule has 0 aliphatic rings. The molecule has 0 spiro atoms. The highest BCUT2D eigenvalue weighted by Gasteiger charge is 2.12. The zero-order chi connectivity index (χ0) is 12.3. The molecule has 1 atom stereocenters. The van der Waals surface area contributed by atoms with Crippen molar-refractivity contribution in [1.29, 1.82) is 0 Å². The van der Waals surface area contributed by atoms with Crippen LogP contribution in [0.5, 0.6) is 0 Å². The Labute approximate surface area is 110 Å². The fourth-order valence-electron chi connectivity index (χ4n) is 1.64. The number of halogens is 2. The van der Waals surface area contributed by atoms with E-state index in [0.717, 1.165) is 11.1 Å². The van der Waals surface area contributed by atoms with E-state index in [0.29, 0.717) is 10.2 Å². The van der Waals surface area contributed by atoms with Crippen molar-refractivity contribution in [3.8, 4) is 0 Å². The predicted octanol–water partition coefficient (Wildman–Crippen LogP) is 2.94. The Kier molecular flexibility index (Phi) is 3.97. The standard InChI is InChI=1S/C12H11Cl2N3/c13-10-3-1-8(2-4-10)12(17-15)9-5-6-16-11(14)7-9/h1-7,12,17H,15H2. The molecule has 88 valence electrons. The maximum absolute atomic E-state index is 5.86. The molecule has 0 aliphatic carbocycles. The van der Waals surface area contributed by atoms with Crippen molar-refractivity contribution in [3.05, 3.63) is 63.9 Å². The Balaban J connectivity index is 2.36. The lowest BCUT2D eigenvalue weighted by molar-refractivity contribution is 0.636. The number of benzene rings is 1. The normalized spacial score (nSPS) is 12.4. The Morgan fingerprint density at radius 3 is 2.35 bits per heavy atom. The topological polar surface area (TPSA) is 50.9 Å². The molecule has 0 saturated carbocycles. The lowest BCUT2D eigenvalue weighted by Crippen LogP contribution is -2.28. The lowest BCUT2D eigenvalue weighted by Gasteiger charge is -2.16. The maximum Gasteiger partial charge on any atom is 0.129 e. The van der Waals surface area contributed by atoms with Crippen LogP contribution in [0.25, 0.3) is 0 Å². The largest absolute Gasteiger partial charge is 0.271 e. The summed E-state index contributed by atoms with van der Waals surface area (Å²) in [4.78, 5) is 3.94. The Morgan fingerprint density at radius 2 is 1.76 bits per heavy atom. The number of hydrazine groups is 1. The molecule has 0 bridgehead atoms. The highest BCUT2D eigenvalue weighted by atomic mass is 35.5. The molecule has 0 fully saturated rings. The minimum absolute atomic E-state index is 0.132. The van der Waals surface area contributed by atoms with Crippen molar-refractivity contribution in [3.63, 3.8) is 0 Å². The van der Waals surface area contributed by atoms with Crippen LogP contribution >= 0.6 is 23.2 Å². The molecule has 5 heteroatoms. The summed E-state index contributed by atoms with van der Waals surface area (Å²) in [5.74, 6) is 5.58. The number of rotatable bonds is 3. The SMILES string of the molecule is NNC(c1ccc(Cl)cc1)c1ccnc(Cl)c1. The van der Waals surface area contributed by atoms with Crippen molar-refractivity contribution in [1.82, 2.24) is 10.4 Å². The summed E-state index contributed by atoms with van der Waals surface area (Å²) >= 11 is 11.7. The second-order valence-electron chi connectivity index (χ2n) is 3.56. The molecule has 1 heterocycles. The monoisotopic (exact) mass is 267 g/mol. The molecular weight excluding hydrogens is 257 g/mol. The molecule has 3 N–H and O–H groups in total. The van der Waals surface area contributed by atoms with Gasteiger partial charge in [0, 0.05) is 11.2 Å². The molecule has 1 unspecified atom stereocenters. The van der Waals surface area contributed by atoms with Crippen molar-refractivity contribution >= 4 is 23.2 Å². The summed E-state index contributed by atoms with van der Waals surface area (Å²) in [5.41, 5.74) is 4.72. The molecule has 0 saturated heterocycles. The highest BCUT2D eigenvalue weighted by molar-refractivity contribution is 6.30. The van der Waals surface area contributed by atoms with Gasteiger partial charge >= 0.3 is 0 Å². The number of nitrogens with one attached hydrogen (secondary N) is 1. The first-order valence-corrected chi connectivity index (χ1v) is 5.79. The quantitative estimate of drug-likeness (QED) is 0.511. The van der Waals surface area contributed by atoms with E-state index in [9.17, 15) is 0 Å². The van der Waals surface area contributed by atoms with Crippen molar-refractivity contribution in [2.24, 2.45) is 5.84 Å². The van der Waals surface area contributed by atoms with Gasteiger partial charge in [0.2, 0.25) is 0 Å². The summed E-state index contributed by atoms with van der Waals surface area (Å²) < 4.78 is 0. The van der Waals surface area contributed by atoms with E-state index >= 15 is 0 Å². The van der Waals surface area contributed by atoms with Crippen molar-refractivity contribution < 1.29 is 0 Å². The first kappa shape index (κ1) is 12.3. The number of nitrogens with zero attached hydrogens (tertiary/aromatic N) is 1. The average molecular weight is 268 g/mol. The van der Waals surface area contributed by atoms with Gasteiger partial charge in [0.15, 0.2) is 0 Å². The summed E-state index contributed by atoms with van der Waals surface area (Å²) in [6.07, 6.45) is 1.65. The number of hydrogen-bond donors (Lipinski definition) is 2. The van der Waals surface area contributed by atoms with E-state index in [1.807, 2.05) is 30.3 Å². The molecule has 1 aromatic heterocycles. The van der Waals surface area contributed by atoms with Gasteiger partial charge in [-0.15, -0.1) is 0 Å². The third-order valence-electron chi connectivity index (χ3n) is 2.45. The van der Waals surface area contributed by atoms with Gasteiger partial charge in [-0.25, -0.2) is 10.4 Å². The highest BCUT2D eigenvalue weighted by Crippen LogP contribution is 2.23. The van der Waals surface area contributed by atoms with Crippen LogP contribution in [0.3, 0.4) is 0 Å². The van der Waals surface area contributed by atoms with E-state index in [1.165, 1.54) is 0 Å². The maximum atomic E-state index is 5.86. The molecule has 0 radical (unpaired) electrons. The number of hydrogen-bond acceptors (Lipinski definition) is 3. The van der Waals surface area contributed by atoms with Crippen molar-refractivity contribution in [2.75, 3.05) is 0 Å². The van der Waals surface area contributed by atoms with Crippen LogP contribution in [0, 0.1) is 0 Å². The lowest BCUT2D eigenvalue weighted by atomic mass is 10.0. The molecule has 1 aromatic carbocycles. The van der Waals surface area contributed by atoms with Gasteiger partial charge in [-0.2, -0.15) is 0 Å². The zero-order valence-electron chi connectivity index (χ0n) is 8.90. The van der Waals surface area contributed by atoms with E-state index in [2.05, 4.69) is 10.4 Å². The molecule has 0 amide bonds. The minimum Gasteiger partial charge on any atom is -0.271 e. The number of pyridine rings is 1. The fourth-order valence-corrected chi connectivity index (χ4v) is 1.95. The summed E-state index contributed by atoms with van der Waals surface area (Å²) in [5, 5.41) is 1.13. The zero-order valence-corrected chi connectivity index (χ0v) is 10.4. The van der Waals surface area contributed by atoms with Gasteiger partial charge in [0.1, 0.15) is 5.15 Å². The second kappa shape index (κ2) is 5.47. The summed E-state index contributed by atoms with van der Waals surface area (Å²) in [6.45, 7) is 0. The van der Waals surface area contributed by atoms with Crippen LogP contribution in [0.1, 0.15) is 17.2 Å². The second-order valence-corrected chi connectivity index (χ2v) is 4.39. The molecular formula is C12H11Cl2N3. The van der Waals surface area contributed by atoms with Crippen LogP contribution in [-0.4, -0.2) is 4.98 Å². The third kappa shape index (κ3) is 2.96.